The summed E-state index contributed by atoms with van der Waals surface area (Å²) in [6.45, 7) is 2.96. The van der Waals surface area contributed by atoms with Gasteiger partial charge in [-0.2, -0.15) is 13.2 Å². The van der Waals surface area contributed by atoms with Gasteiger partial charge in [-0.05, 0) is 31.3 Å². The molecule has 0 radical (unpaired) electrons. The highest BCUT2D eigenvalue weighted by Gasteiger charge is 2.30. The maximum Gasteiger partial charge on any atom is 0.416 e. The Morgan fingerprint density at radius 2 is 2.00 bits per heavy atom. The topological polar surface area (TPSA) is 23.5 Å². The second kappa shape index (κ2) is 5.51. The maximum absolute atomic E-state index is 12.5. The molecule has 0 amide bonds. The SMILES string of the molecule is CCN(C)CC(O)c1cccc(C(F)(F)F)c1. The molecule has 0 bridgehead atoms. The van der Waals surface area contributed by atoms with E-state index in [9.17, 15) is 18.3 Å². The summed E-state index contributed by atoms with van der Waals surface area (Å²) in [7, 11) is 1.80. The summed E-state index contributed by atoms with van der Waals surface area (Å²) >= 11 is 0. The van der Waals surface area contributed by atoms with E-state index in [-0.39, 0.29) is 0 Å². The predicted octanol–water partition coefficient (Wildman–Crippen LogP) is 2.69. The van der Waals surface area contributed by atoms with E-state index in [1.165, 1.54) is 12.1 Å². The molecule has 0 fully saturated rings. The first kappa shape index (κ1) is 14.0. The quantitative estimate of drug-likeness (QED) is 0.884. The van der Waals surface area contributed by atoms with Gasteiger partial charge in [-0.15, -0.1) is 0 Å². The predicted molar refractivity (Wildman–Crippen MR) is 59.6 cm³/mol. The summed E-state index contributed by atoms with van der Waals surface area (Å²) in [5.74, 6) is 0. The van der Waals surface area contributed by atoms with Crippen molar-refractivity contribution in [3.63, 3.8) is 0 Å². The zero-order chi connectivity index (χ0) is 13.1. The average Bonchev–Trinajstić information content (AvgIpc) is 2.28. The summed E-state index contributed by atoms with van der Waals surface area (Å²) in [5, 5.41) is 9.80. The smallest absolute Gasteiger partial charge is 0.387 e. The van der Waals surface area contributed by atoms with Crippen molar-refractivity contribution in [3.05, 3.63) is 35.4 Å². The third-order valence-corrected chi connectivity index (χ3v) is 2.62. The minimum Gasteiger partial charge on any atom is -0.387 e. The summed E-state index contributed by atoms with van der Waals surface area (Å²) in [5.41, 5.74) is -0.437. The van der Waals surface area contributed by atoms with Crippen molar-refractivity contribution in [1.29, 1.82) is 0 Å². The Morgan fingerprint density at radius 1 is 1.35 bits per heavy atom. The van der Waals surface area contributed by atoms with Crippen LogP contribution in [0.1, 0.15) is 24.2 Å². The monoisotopic (exact) mass is 247 g/mol. The summed E-state index contributed by atoms with van der Waals surface area (Å²) < 4.78 is 37.4. The number of rotatable bonds is 4. The van der Waals surface area contributed by atoms with Crippen LogP contribution in [0.25, 0.3) is 0 Å². The molecular weight excluding hydrogens is 231 g/mol. The van der Waals surface area contributed by atoms with Gasteiger partial charge >= 0.3 is 6.18 Å². The molecule has 0 heterocycles. The van der Waals surface area contributed by atoms with Crippen LogP contribution >= 0.6 is 0 Å². The van der Waals surface area contributed by atoms with Gasteiger partial charge in [0.25, 0.3) is 0 Å². The van der Waals surface area contributed by atoms with Gasteiger partial charge in [-0.1, -0.05) is 19.1 Å². The number of alkyl halides is 3. The van der Waals surface area contributed by atoms with E-state index < -0.39 is 17.8 Å². The van der Waals surface area contributed by atoms with Gasteiger partial charge in [-0.25, -0.2) is 0 Å². The van der Waals surface area contributed by atoms with E-state index in [0.717, 1.165) is 18.7 Å². The highest BCUT2D eigenvalue weighted by molar-refractivity contribution is 5.27. The van der Waals surface area contributed by atoms with Crippen LogP contribution in [0, 0.1) is 0 Å². The van der Waals surface area contributed by atoms with Crippen LogP contribution in [-0.4, -0.2) is 30.1 Å². The van der Waals surface area contributed by atoms with Crippen LogP contribution in [-0.2, 0) is 6.18 Å². The fourth-order valence-electron chi connectivity index (χ4n) is 1.45. The molecule has 0 aliphatic rings. The van der Waals surface area contributed by atoms with Crippen molar-refractivity contribution in [1.82, 2.24) is 4.90 Å². The lowest BCUT2D eigenvalue weighted by Crippen LogP contribution is -2.24. The molecule has 1 atom stereocenters. The lowest BCUT2D eigenvalue weighted by atomic mass is 10.1. The van der Waals surface area contributed by atoms with Crippen molar-refractivity contribution in [2.45, 2.75) is 19.2 Å². The normalized spacial score (nSPS) is 14.1. The number of hydrogen-bond acceptors (Lipinski definition) is 2. The Labute approximate surface area is 98.7 Å². The van der Waals surface area contributed by atoms with E-state index in [1.807, 2.05) is 11.8 Å². The van der Waals surface area contributed by atoms with Crippen molar-refractivity contribution in [2.24, 2.45) is 0 Å². The molecule has 1 unspecified atom stereocenters. The first-order valence-corrected chi connectivity index (χ1v) is 5.38. The first-order chi connectivity index (χ1) is 7.84. The Balaban J connectivity index is 2.84. The van der Waals surface area contributed by atoms with Gasteiger partial charge in [0.15, 0.2) is 0 Å². The molecule has 0 saturated carbocycles. The Kier molecular flexibility index (Phi) is 4.54. The standard InChI is InChI=1S/C12H16F3NO/c1-3-16(2)8-11(17)9-5-4-6-10(7-9)12(13,14)15/h4-7,11,17H,3,8H2,1-2H3. The minimum atomic E-state index is -4.37. The van der Waals surface area contributed by atoms with E-state index in [2.05, 4.69) is 0 Å². The summed E-state index contributed by atoms with van der Waals surface area (Å²) in [4.78, 5) is 1.84. The van der Waals surface area contributed by atoms with E-state index >= 15 is 0 Å². The molecule has 0 aliphatic heterocycles. The number of halogens is 3. The highest BCUT2D eigenvalue weighted by atomic mass is 19.4. The van der Waals surface area contributed by atoms with Crippen LogP contribution in [0.3, 0.4) is 0 Å². The zero-order valence-electron chi connectivity index (χ0n) is 9.83. The molecule has 1 aromatic rings. The molecule has 5 heteroatoms. The Hall–Kier alpha value is -1.07. The summed E-state index contributed by atoms with van der Waals surface area (Å²) in [6.07, 6.45) is -5.27. The van der Waals surface area contributed by atoms with E-state index in [0.29, 0.717) is 12.1 Å². The van der Waals surface area contributed by atoms with Gasteiger partial charge in [0, 0.05) is 6.54 Å². The number of benzene rings is 1. The minimum absolute atomic E-state index is 0.292. The lowest BCUT2D eigenvalue weighted by Gasteiger charge is -2.19. The second-order valence-corrected chi connectivity index (χ2v) is 3.99. The largest absolute Gasteiger partial charge is 0.416 e. The van der Waals surface area contributed by atoms with Crippen molar-refractivity contribution in [3.8, 4) is 0 Å². The van der Waals surface area contributed by atoms with E-state index in [1.54, 1.807) is 7.05 Å². The van der Waals surface area contributed by atoms with Gasteiger partial charge < -0.3 is 10.0 Å². The molecule has 0 saturated heterocycles. The fourth-order valence-corrected chi connectivity index (χ4v) is 1.45. The second-order valence-electron chi connectivity index (χ2n) is 3.99. The molecule has 2 nitrogen and oxygen atoms in total. The molecule has 0 aromatic heterocycles. The number of nitrogens with zero attached hydrogens (tertiary/aromatic N) is 1. The van der Waals surface area contributed by atoms with Crippen LogP contribution < -0.4 is 0 Å². The van der Waals surface area contributed by atoms with Gasteiger partial charge in [0.1, 0.15) is 0 Å². The van der Waals surface area contributed by atoms with Gasteiger partial charge in [0.05, 0.1) is 11.7 Å². The number of hydrogen-bond donors (Lipinski definition) is 1. The molecule has 96 valence electrons. The van der Waals surface area contributed by atoms with Crippen molar-refractivity contribution in [2.75, 3.05) is 20.1 Å². The maximum atomic E-state index is 12.5. The molecule has 0 aliphatic carbocycles. The van der Waals surface area contributed by atoms with Gasteiger partial charge in [0.2, 0.25) is 0 Å². The van der Waals surface area contributed by atoms with Crippen LogP contribution in [0.5, 0.6) is 0 Å². The van der Waals surface area contributed by atoms with Crippen LogP contribution in [0.2, 0.25) is 0 Å². The highest BCUT2D eigenvalue weighted by Crippen LogP contribution is 2.30. The van der Waals surface area contributed by atoms with Crippen LogP contribution in [0.15, 0.2) is 24.3 Å². The molecule has 1 rings (SSSR count). The third-order valence-electron chi connectivity index (χ3n) is 2.62. The molecular formula is C12H16F3NO. The zero-order valence-corrected chi connectivity index (χ0v) is 9.83. The Bertz CT molecular complexity index is 365. The average molecular weight is 247 g/mol. The molecule has 1 N–H and O–H groups in total. The first-order valence-electron chi connectivity index (χ1n) is 5.38. The fraction of sp³-hybridized carbons (Fsp3) is 0.500. The Morgan fingerprint density at radius 3 is 2.53 bits per heavy atom. The van der Waals surface area contributed by atoms with Crippen molar-refractivity contribution < 1.29 is 18.3 Å². The molecule has 17 heavy (non-hydrogen) atoms. The number of likely N-dealkylation sites (N-methyl/N-ethyl adjacent to an activating group) is 1. The van der Waals surface area contributed by atoms with Crippen LogP contribution in [0.4, 0.5) is 13.2 Å². The summed E-state index contributed by atoms with van der Waals surface area (Å²) in [6, 6.07) is 4.81. The van der Waals surface area contributed by atoms with Crippen molar-refractivity contribution >= 4 is 0 Å². The third kappa shape index (κ3) is 4.02. The lowest BCUT2D eigenvalue weighted by molar-refractivity contribution is -0.137. The van der Waals surface area contributed by atoms with E-state index in [4.69, 9.17) is 0 Å². The number of aliphatic hydroxyl groups excluding tert-OH is 1. The van der Waals surface area contributed by atoms with Gasteiger partial charge in [-0.3, -0.25) is 0 Å². The molecule has 0 spiro atoms. The molecule has 1 aromatic carbocycles. The number of aliphatic hydroxyl groups is 1.